The van der Waals surface area contributed by atoms with Crippen molar-refractivity contribution in [1.82, 2.24) is 14.9 Å². The Balaban J connectivity index is 1.96. The highest BCUT2D eigenvalue weighted by Crippen LogP contribution is 2.46. The van der Waals surface area contributed by atoms with Crippen LogP contribution in [0.1, 0.15) is 41.1 Å². The molecule has 1 atom stereocenters. The number of rotatable bonds is 5. The third kappa shape index (κ3) is 3.27. The van der Waals surface area contributed by atoms with Crippen LogP contribution >= 0.6 is 0 Å². The Kier molecular flexibility index (Phi) is 5.01. The van der Waals surface area contributed by atoms with Gasteiger partial charge in [-0.1, -0.05) is 36.4 Å². The average molecular weight is 359 g/mol. The lowest BCUT2D eigenvalue weighted by Gasteiger charge is -2.42. The van der Waals surface area contributed by atoms with Gasteiger partial charge in [-0.25, -0.2) is 0 Å². The normalized spacial score (nSPS) is 16.4. The van der Waals surface area contributed by atoms with Crippen LogP contribution in [-0.4, -0.2) is 33.1 Å². The number of pyridine rings is 2. The molecule has 1 aliphatic heterocycles. The molecule has 0 radical (unpaired) electrons. The zero-order valence-corrected chi connectivity index (χ0v) is 15.6. The van der Waals surface area contributed by atoms with Gasteiger partial charge in [0.25, 0.3) is 0 Å². The highest BCUT2D eigenvalue weighted by atomic mass is 16.3. The molecule has 3 heterocycles. The molecule has 1 unspecified atom stereocenters. The molecule has 1 aliphatic rings. The number of nitrogens with zero attached hydrogens (tertiary/aromatic N) is 3. The average Bonchev–Trinajstić information content (AvgIpc) is 3.25. The van der Waals surface area contributed by atoms with E-state index < -0.39 is 5.60 Å². The molecule has 4 rings (SSSR count). The van der Waals surface area contributed by atoms with E-state index in [9.17, 15) is 5.11 Å². The molecule has 0 amide bonds. The minimum atomic E-state index is -1.24. The SMILES string of the molecule is Cc1ccccc1C(N1CCCC1)C(O)(c1cccnc1)c1cccnc1. The minimum absolute atomic E-state index is 0.199. The van der Waals surface area contributed by atoms with Crippen LogP contribution < -0.4 is 0 Å². The lowest BCUT2D eigenvalue weighted by atomic mass is 9.76. The van der Waals surface area contributed by atoms with Gasteiger partial charge in [0.1, 0.15) is 5.60 Å². The summed E-state index contributed by atoms with van der Waals surface area (Å²) in [6.45, 7) is 4.06. The summed E-state index contributed by atoms with van der Waals surface area (Å²) in [6, 6.07) is 15.8. The summed E-state index contributed by atoms with van der Waals surface area (Å²) in [4.78, 5) is 11.0. The van der Waals surface area contributed by atoms with E-state index in [1.54, 1.807) is 24.8 Å². The molecular weight excluding hydrogens is 334 g/mol. The van der Waals surface area contributed by atoms with Crippen molar-refractivity contribution >= 4 is 0 Å². The first-order chi connectivity index (χ1) is 13.2. The maximum Gasteiger partial charge on any atom is 0.137 e. The topological polar surface area (TPSA) is 49.2 Å². The van der Waals surface area contributed by atoms with E-state index in [0.29, 0.717) is 0 Å². The van der Waals surface area contributed by atoms with Gasteiger partial charge < -0.3 is 5.11 Å². The number of benzene rings is 1. The first kappa shape index (κ1) is 17.8. The molecule has 138 valence electrons. The first-order valence-corrected chi connectivity index (χ1v) is 9.54. The predicted octanol–water partition coefficient (Wildman–Crippen LogP) is 3.86. The van der Waals surface area contributed by atoms with E-state index in [4.69, 9.17) is 0 Å². The number of hydrogen-bond donors (Lipinski definition) is 1. The van der Waals surface area contributed by atoms with Gasteiger partial charge >= 0.3 is 0 Å². The summed E-state index contributed by atoms with van der Waals surface area (Å²) >= 11 is 0. The van der Waals surface area contributed by atoms with Gasteiger partial charge in [-0.15, -0.1) is 0 Å². The van der Waals surface area contributed by atoms with E-state index in [-0.39, 0.29) is 6.04 Å². The van der Waals surface area contributed by atoms with Crippen LogP contribution in [-0.2, 0) is 5.60 Å². The molecule has 1 N–H and O–H groups in total. The fourth-order valence-corrected chi connectivity index (χ4v) is 4.24. The second kappa shape index (κ2) is 7.59. The molecule has 27 heavy (non-hydrogen) atoms. The van der Waals surface area contributed by atoms with E-state index >= 15 is 0 Å². The summed E-state index contributed by atoms with van der Waals surface area (Å²) in [5, 5.41) is 12.3. The number of aliphatic hydroxyl groups is 1. The fraction of sp³-hybridized carbons (Fsp3) is 0.304. The van der Waals surface area contributed by atoms with Crippen molar-refractivity contribution in [3.05, 3.63) is 95.6 Å². The van der Waals surface area contributed by atoms with E-state index in [0.717, 1.165) is 42.6 Å². The van der Waals surface area contributed by atoms with E-state index in [1.165, 1.54) is 5.56 Å². The van der Waals surface area contributed by atoms with Gasteiger partial charge in [0.2, 0.25) is 0 Å². The second-order valence-electron chi connectivity index (χ2n) is 7.25. The van der Waals surface area contributed by atoms with Gasteiger partial charge in [0.05, 0.1) is 6.04 Å². The molecule has 3 aromatic rings. The quantitative estimate of drug-likeness (QED) is 0.752. The predicted molar refractivity (Wildman–Crippen MR) is 106 cm³/mol. The van der Waals surface area contributed by atoms with Crippen molar-refractivity contribution in [3.63, 3.8) is 0 Å². The Morgan fingerprint density at radius 1 is 0.889 bits per heavy atom. The zero-order chi connectivity index (χ0) is 18.7. The van der Waals surface area contributed by atoms with Gasteiger partial charge in [0.15, 0.2) is 0 Å². The van der Waals surface area contributed by atoms with Crippen LogP contribution in [0.15, 0.2) is 73.3 Å². The van der Waals surface area contributed by atoms with Crippen molar-refractivity contribution in [2.75, 3.05) is 13.1 Å². The van der Waals surface area contributed by atoms with Gasteiger partial charge in [-0.2, -0.15) is 0 Å². The number of likely N-dealkylation sites (tertiary alicyclic amines) is 1. The van der Waals surface area contributed by atoms with Crippen LogP contribution in [0.3, 0.4) is 0 Å². The molecule has 0 aliphatic carbocycles. The lowest BCUT2D eigenvalue weighted by molar-refractivity contribution is -0.0155. The third-order valence-electron chi connectivity index (χ3n) is 5.59. The molecule has 1 aromatic carbocycles. The summed E-state index contributed by atoms with van der Waals surface area (Å²) in [5.41, 5.74) is 2.67. The third-order valence-corrected chi connectivity index (χ3v) is 5.59. The fourth-order valence-electron chi connectivity index (χ4n) is 4.24. The molecule has 4 nitrogen and oxygen atoms in total. The summed E-state index contributed by atoms with van der Waals surface area (Å²) in [6.07, 6.45) is 9.33. The number of hydrogen-bond acceptors (Lipinski definition) is 4. The smallest absolute Gasteiger partial charge is 0.137 e. The molecule has 2 aromatic heterocycles. The number of aromatic nitrogens is 2. The van der Waals surface area contributed by atoms with Crippen LogP contribution in [0.5, 0.6) is 0 Å². The minimum Gasteiger partial charge on any atom is -0.378 e. The van der Waals surface area contributed by atoms with E-state index in [1.807, 2.05) is 30.3 Å². The first-order valence-electron chi connectivity index (χ1n) is 9.54. The largest absolute Gasteiger partial charge is 0.378 e. The molecule has 4 heteroatoms. The standard InChI is InChI=1S/C23H25N3O/c1-18-8-2-3-11-21(18)22(26-14-4-5-15-26)23(27,19-9-6-12-24-16-19)20-10-7-13-25-17-20/h2-3,6-13,16-17,22,27H,4-5,14-15H2,1H3. The van der Waals surface area contributed by atoms with Crippen molar-refractivity contribution in [3.8, 4) is 0 Å². The number of aryl methyl sites for hydroxylation is 1. The summed E-state index contributed by atoms with van der Waals surface area (Å²) in [5.74, 6) is 0. The molecule has 1 fully saturated rings. The zero-order valence-electron chi connectivity index (χ0n) is 15.6. The maximum absolute atomic E-state index is 12.3. The van der Waals surface area contributed by atoms with Crippen molar-refractivity contribution in [2.45, 2.75) is 31.4 Å². The van der Waals surface area contributed by atoms with Crippen LogP contribution in [0.25, 0.3) is 0 Å². The molecule has 0 spiro atoms. The van der Waals surface area contributed by atoms with Crippen LogP contribution in [0.2, 0.25) is 0 Å². The molecular formula is C23H25N3O. The molecule has 0 bridgehead atoms. The van der Waals surface area contributed by atoms with Crippen LogP contribution in [0.4, 0.5) is 0 Å². The monoisotopic (exact) mass is 359 g/mol. The van der Waals surface area contributed by atoms with Crippen molar-refractivity contribution in [2.24, 2.45) is 0 Å². The second-order valence-corrected chi connectivity index (χ2v) is 7.25. The maximum atomic E-state index is 12.3. The molecule has 1 saturated heterocycles. The van der Waals surface area contributed by atoms with Gasteiger partial charge in [-0.05, 0) is 56.1 Å². The highest BCUT2D eigenvalue weighted by molar-refractivity contribution is 5.42. The highest BCUT2D eigenvalue weighted by Gasteiger charge is 2.45. The summed E-state index contributed by atoms with van der Waals surface area (Å²) < 4.78 is 0. The van der Waals surface area contributed by atoms with Crippen molar-refractivity contribution in [1.29, 1.82) is 0 Å². The van der Waals surface area contributed by atoms with Gasteiger partial charge in [0, 0.05) is 35.9 Å². The molecule has 0 saturated carbocycles. The van der Waals surface area contributed by atoms with Crippen molar-refractivity contribution < 1.29 is 5.11 Å². The Labute approximate surface area is 160 Å². The Morgan fingerprint density at radius 2 is 1.48 bits per heavy atom. The Hall–Kier alpha value is -2.56. The Morgan fingerprint density at radius 3 is 2.00 bits per heavy atom. The Bertz CT molecular complexity index is 837. The van der Waals surface area contributed by atoms with Crippen LogP contribution in [0, 0.1) is 6.92 Å². The summed E-state index contributed by atoms with van der Waals surface area (Å²) in [7, 11) is 0. The van der Waals surface area contributed by atoms with E-state index in [2.05, 4.69) is 40.0 Å². The lowest BCUT2D eigenvalue weighted by Crippen LogP contribution is -2.44. The van der Waals surface area contributed by atoms with Gasteiger partial charge in [-0.3, -0.25) is 14.9 Å².